The normalized spacial score (nSPS) is 19.1. The van der Waals surface area contributed by atoms with Crippen LogP contribution in [0.2, 0.25) is 0 Å². The molecule has 1 aliphatic rings. The minimum atomic E-state index is -0.289. The van der Waals surface area contributed by atoms with Crippen molar-refractivity contribution in [1.82, 2.24) is 10.3 Å². The summed E-state index contributed by atoms with van der Waals surface area (Å²) in [5.74, 6) is -0.439. The number of hydrogen-bond donors (Lipinski definition) is 2. The summed E-state index contributed by atoms with van der Waals surface area (Å²) in [6.45, 7) is 2.58. The Kier molecular flexibility index (Phi) is 4.24. The molecule has 5 heteroatoms. The number of carbonyl (C=O) groups is 1. The summed E-state index contributed by atoms with van der Waals surface area (Å²) in [6, 6.07) is 5.94. The number of carbonyl (C=O) groups excluding carboxylic acids is 1. The zero-order chi connectivity index (χ0) is 15.5. The third kappa shape index (κ3) is 3.04. The Morgan fingerprint density at radius 3 is 2.73 bits per heavy atom. The van der Waals surface area contributed by atoms with Crippen LogP contribution in [0.25, 0.3) is 0 Å². The Labute approximate surface area is 128 Å². The molecule has 2 N–H and O–H groups in total. The fourth-order valence-electron chi connectivity index (χ4n) is 2.83. The SMILES string of the molecule is Cc1c[nH]cc1C(=O)N[C@@H](c1ccc(F)cc1)[C@H]1CCCO1. The second-order valence-corrected chi connectivity index (χ2v) is 5.61. The third-order valence-electron chi connectivity index (χ3n) is 4.05. The number of aryl methyl sites for hydroxylation is 1. The summed E-state index contributed by atoms with van der Waals surface area (Å²) < 4.78 is 18.9. The summed E-state index contributed by atoms with van der Waals surface area (Å²) in [5, 5.41) is 3.03. The largest absolute Gasteiger partial charge is 0.376 e. The van der Waals surface area contributed by atoms with Crippen molar-refractivity contribution in [1.29, 1.82) is 0 Å². The molecule has 1 amide bonds. The van der Waals surface area contributed by atoms with Crippen LogP contribution in [0.1, 0.15) is 40.4 Å². The fraction of sp³-hybridized carbons (Fsp3) is 0.353. The number of aromatic nitrogens is 1. The maximum absolute atomic E-state index is 13.1. The molecule has 0 saturated carbocycles. The molecule has 1 fully saturated rings. The van der Waals surface area contributed by atoms with Gasteiger partial charge in [-0.15, -0.1) is 0 Å². The average molecular weight is 302 g/mol. The van der Waals surface area contributed by atoms with E-state index in [2.05, 4.69) is 10.3 Å². The predicted octanol–water partition coefficient (Wildman–Crippen LogP) is 3.11. The molecule has 0 unspecified atom stereocenters. The van der Waals surface area contributed by atoms with Crippen molar-refractivity contribution in [3.63, 3.8) is 0 Å². The molecule has 0 bridgehead atoms. The fourth-order valence-corrected chi connectivity index (χ4v) is 2.83. The summed E-state index contributed by atoms with van der Waals surface area (Å²) >= 11 is 0. The van der Waals surface area contributed by atoms with E-state index in [4.69, 9.17) is 4.74 Å². The highest BCUT2D eigenvalue weighted by atomic mass is 19.1. The lowest BCUT2D eigenvalue weighted by Crippen LogP contribution is -2.36. The molecular weight excluding hydrogens is 283 g/mol. The van der Waals surface area contributed by atoms with Crippen molar-refractivity contribution in [3.05, 3.63) is 59.2 Å². The lowest BCUT2D eigenvalue weighted by Gasteiger charge is -2.24. The van der Waals surface area contributed by atoms with Crippen molar-refractivity contribution in [2.45, 2.75) is 31.9 Å². The van der Waals surface area contributed by atoms with Crippen LogP contribution < -0.4 is 5.32 Å². The Hall–Kier alpha value is -2.14. The number of hydrogen-bond acceptors (Lipinski definition) is 2. The number of halogens is 1. The van der Waals surface area contributed by atoms with Gasteiger partial charge in [-0.1, -0.05) is 12.1 Å². The van der Waals surface area contributed by atoms with Crippen molar-refractivity contribution >= 4 is 5.91 Å². The summed E-state index contributed by atoms with van der Waals surface area (Å²) in [6.07, 6.45) is 5.25. The average Bonchev–Trinajstić information content (AvgIpc) is 3.17. The zero-order valence-corrected chi connectivity index (χ0v) is 12.4. The molecule has 2 aromatic rings. The van der Waals surface area contributed by atoms with Gasteiger partial charge in [-0.25, -0.2) is 4.39 Å². The van der Waals surface area contributed by atoms with Gasteiger partial charge in [0.15, 0.2) is 0 Å². The predicted molar refractivity (Wildman–Crippen MR) is 81.1 cm³/mol. The van der Waals surface area contributed by atoms with Crippen molar-refractivity contribution in [2.24, 2.45) is 0 Å². The molecule has 1 saturated heterocycles. The van der Waals surface area contributed by atoms with E-state index in [0.717, 1.165) is 24.0 Å². The first-order chi connectivity index (χ1) is 10.6. The maximum Gasteiger partial charge on any atom is 0.253 e. The quantitative estimate of drug-likeness (QED) is 0.912. The Morgan fingerprint density at radius 2 is 2.14 bits per heavy atom. The molecule has 22 heavy (non-hydrogen) atoms. The van der Waals surface area contributed by atoms with Gasteiger partial charge in [0.1, 0.15) is 5.82 Å². The number of amides is 1. The van der Waals surface area contributed by atoms with Crippen LogP contribution in [-0.4, -0.2) is 23.6 Å². The summed E-state index contributed by atoms with van der Waals surface area (Å²) in [4.78, 5) is 15.4. The van der Waals surface area contributed by atoms with Gasteiger partial charge in [-0.3, -0.25) is 4.79 Å². The van der Waals surface area contributed by atoms with Gasteiger partial charge in [-0.05, 0) is 43.0 Å². The van der Waals surface area contributed by atoms with E-state index in [0.29, 0.717) is 12.2 Å². The molecule has 3 rings (SSSR count). The standard InChI is InChI=1S/C17H19FN2O2/c1-11-9-19-10-14(11)17(21)20-16(15-3-2-8-22-15)12-4-6-13(18)7-5-12/h4-7,9-10,15-16,19H,2-3,8H2,1H3,(H,20,21)/t15-,16+/m1/s1. The Bertz CT molecular complexity index is 645. The van der Waals surface area contributed by atoms with Crippen LogP contribution in [-0.2, 0) is 4.74 Å². The first-order valence-electron chi connectivity index (χ1n) is 7.46. The second kappa shape index (κ2) is 6.32. The van der Waals surface area contributed by atoms with Gasteiger partial charge in [0, 0.05) is 19.0 Å². The number of ether oxygens (including phenoxy) is 1. The van der Waals surface area contributed by atoms with Gasteiger partial charge >= 0.3 is 0 Å². The van der Waals surface area contributed by atoms with Crippen LogP contribution >= 0.6 is 0 Å². The minimum absolute atomic E-state index is 0.0753. The second-order valence-electron chi connectivity index (χ2n) is 5.61. The monoisotopic (exact) mass is 302 g/mol. The highest BCUT2D eigenvalue weighted by Crippen LogP contribution is 2.27. The Morgan fingerprint density at radius 1 is 1.36 bits per heavy atom. The van der Waals surface area contributed by atoms with E-state index in [9.17, 15) is 9.18 Å². The van der Waals surface area contributed by atoms with Crippen LogP contribution in [0, 0.1) is 12.7 Å². The van der Waals surface area contributed by atoms with Crippen molar-refractivity contribution < 1.29 is 13.9 Å². The van der Waals surface area contributed by atoms with Gasteiger partial charge in [0.25, 0.3) is 5.91 Å². The maximum atomic E-state index is 13.1. The highest BCUT2D eigenvalue weighted by Gasteiger charge is 2.29. The molecule has 1 aromatic carbocycles. The van der Waals surface area contributed by atoms with Crippen LogP contribution in [0.15, 0.2) is 36.7 Å². The van der Waals surface area contributed by atoms with E-state index in [-0.39, 0.29) is 23.9 Å². The molecule has 0 aliphatic carbocycles. The summed E-state index contributed by atoms with van der Waals surface area (Å²) in [5.41, 5.74) is 2.36. The smallest absolute Gasteiger partial charge is 0.253 e. The van der Waals surface area contributed by atoms with Crippen LogP contribution in [0.5, 0.6) is 0 Å². The topological polar surface area (TPSA) is 54.1 Å². The zero-order valence-electron chi connectivity index (χ0n) is 12.4. The van der Waals surface area contributed by atoms with E-state index in [1.54, 1.807) is 24.5 Å². The molecule has 2 heterocycles. The first-order valence-corrected chi connectivity index (χ1v) is 7.46. The van der Waals surface area contributed by atoms with Gasteiger partial charge in [0.05, 0.1) is 17.7 Å². The number of aromatic amines is 1. The molecule has 1 aromatic heterocycles. The van der Waals surface area contributed by atoms with Gasteiger partial charge in [0.2, 0.25) is 0 Å². The number of rotatable bonds is 4. The number of nitrogens with one attached hydrogen (secondary N) is 2. The lowest BCUT2D eigenvalue weighted by molar-refractivity contribution is 0.0672. The van der Waals surface area contributed by atoms with Crippen LogP contribution in [0.4, 0.5) is 4.39 Å². The van der Waals surface area contributed by atoms with Crippen LogP contribution in [0.3, 0.4) is 0 Å². The molecular formula is C17H19FN2O2. The molecule has 1 aliphatic heterocycles. The first kappa shape index (κ1) is 14.8. The molecule has 4 nitrogen and oxygen atoms in total. The lowest BCUT2D eigenvalue weighted by atomic mass is 9.98. The van der Waals surface area contributed by atoms with E-state index in [1.807, 2.05) is 6.92 Å². The molecule has 0 spiro atoms. The van der Waals surface area contributed by atoms with Gasteiger partial charge < -0.3 is 15.0 Å². The van der Waals surface area contributed by atoms with E-state index >= 15 is 0 Å². The van der Waals surface area contributed by atoms with E-state index < -0.39 is 0 Å². The number of benzene rings is 1. The molecule has 116 valence electrons. The van der Waals surface area contributed by atoms with Crippen molar-refractivity contribution in [3.8, 4) is 0 Å². The minimum Gasteiger partial charge on any atom is -0.376 e. The summed E-state index contributed by atoms with van der Waals surface area (Å²) in [7, 11) is 0. The van der Waals surface area contributed by atoms with E-state index in [1.165, 1.54) is 12.1 Å². The third-order valence-corrected chi connectivity index (χ3v) is 4.05. The Balaban J connectivity index is 1.84. The highest BCUT2D eigenvalue weighted by molar-refractivity contribution is 5.95. The van der Waals surface area contributed by atoms with Crippen molar-refractivity contribution in [2.75, 3.05) is 6.61 Å². The number of H-pyrrole nitrogens is 1. The molecule has 0 radical (unpaired) electrons. The molecule has 2 atom stereocenters. The van der Waals surface area contributed by atoms with Gasteiger partial charge in [-0.2, -0.15) is 0 Å².